The molecule has 10 heteroatoms. The molecule has 0 atom stereocenters. The number of hydrogen-bond donors (Lipinski definition) is 1. The van der Waals surface area contributed by atoms with Crippen molar-refractivity contribution in [2.45, 2.75) is 6.54 Å². The summed E-state index contributed by atoms with van der Waals surface area (Å²) in [7, 11) is 1.26. The minimum Gasteiger partial charge on any atom is -0.465 e. The number of nitrogens with one attached hydrogen (secondary N) is 1. The molecule has 0 radical (unpaired) electrons. The highest BCUT2D eigenvalue weighted by molar-refractivity contribution is 7.15. The highest BCUT2D eigenvalue weighted by Crippen LogP contribution is 2.39. The predicted molar refractivity (Wildman–Crippen MR) is 119 cm³/mol. The van der Waals surface area contributed by atoms with E-state index in [1.165, 1.54) is 7.11 Å². The summed E-state index contributed by atoms with van der Waals surface area (Å²) in [4.78, 5) is 37.6. The zero-order valence-corrected chi connectivity index (χ0v) is 17.7. The van der Waals surface area contributed by atoms with E-state index >= 15 is 0 Å². The number of amides is 1. The second kappa shape index (κ2) is 8.66. The quantitative estimate of drug-likeness (QED) is 0.462. The van der Waals surface area contributed by atoms with Gasteiger partial charge in [-0.3, -0.25) is 9.59 Å². The van der Waals surface area contributed by atoms with Gasteiger partial charge >= 0.3 is 5.97 Å². The first-order chi connectivity index (χ1) is 15.0. The fourth-order valence-corrected chi connectivity index (χ4v) is 4.26. The minimum absolute atomic E-state index is 0.186. The Hall–Kier alpha value is -3.56. The van der Waals surface area contributed by atoms with Gasteiger partial charge in [0.05, 0.1) is 12.5 Å². The molecule has 0 fully saturated rings. The summed E-state index contributed by atoms with van der Waals surface area (Å²) in [6, 6.07) is 13.8. The number of carbonyl (C=O) groups is 2. The Morgan fingerprint density at radius 2 is 1.87 bits per heavy atom. The molecule has 0 saturated carbocycles. The maximum Gasteiger partial charge on any atom is 0.341 e. The monoisotopic (exact) mass is 454 g/mol. The summed E-state index contributed by atoms with van der Waals surface area (Å²) in [6.07, 6.45) is 0. The molecule has 1 amide bonds. The molecule has 4 aromatic rings. The van der Waals surface area contributed by atoms with Crippen molar-refractivity contribution in [3.05, 3.63) is 74.9 Å². The lowest BCUT2D eigenvalue weighted by molar-refractivity contribution is -0.117. The molecule has 1 N–H and O–H groups in total. The van der Waals surface area contributed by atoms with Crippen molar-refractivity contribution < 1.29 is 14.3 Å². The summed E-state index contributed by atoms with van der Waals surface area (Å²) in [5.74, 6) is -1.15. The average molecular weight is 455 g/mol. The standard InChI is InChI=1S/C21H15ClN4O4S/c1-30-21(29)18-14(12-6-2-4-8-15(12)22)11-31-19(18)23-17(27)10-26-20(28)13-7-3-5-9-16(13)24-25-26/h2-9,11H,10H2,1H3,(H,23,27). The summed E-state index contributed by atoms with van der Waals surface area (Å²) in [6.45, 7) is -0.364. The van der Waals surface area contributed by atoms with Gasteiger partial charge in [-0.15, -0.1) is 16.4 Å². The van der Waals surface area contributed by atoms with Gasteiger partial charge in [-0.05, 0) is 18.2 Å². The van der Waals surface area contributed by atoms with Crippen LogP contribution in [0, 0.1) is 0 Å². The lowest BCUT2D eigenvalue weighted by atomic mass is 10.0. The number of benzene rings is 2. The number of halogens is 1. The van der Waals surface area contributed by atoms with Crippen molar-refractivity contribution in [1.82, 2.24) is 15.0 Å². The fraction of sp³-hybridized carbons (Fsp3) is 0.0952. The van der Waals surface area contributed by atoms with E-state index in [1.54, 1.807) is 53.9 Å². The summed E-state index contributed by atoms with van der Waals surface area (Å²) < 4.78 is 5.87. The van der Waals surface area contributed by atoms with E-state index in [-0.39, 0.29) is 17.1 Å². The Morgan fingerprint density at radius 1 is 1.13 bits per heavy atom. The number of carbonyl (C=O) groups excluding carboxylic acids is 2. The van der Waals surface area contributed by atoms with Crippen LogP contribution in [0.1, 0.15) is 10.4 Å². The predicted octanol–water partition coefficient (Wildman–Crippen LogP) is 3.60. The van der Waals surface area contributed by atoms with Crippen LogP contribution in [-0.2, 0) is 16.1 Å². The van der Waals surface area contributed by atoms with Gasteiger partial charge in [-0.1, -0.05) is 47.1 Å². The second-order valence-corrected chi connectivity index (χ2v) is 7.73. The SMILES string of the molecule is COC(=O)c1c(-c2ccccc2Cl)csc1NC(=O)Cn1nnc2ccccc2c1=O. The number of aromatic nitrogens is 3. The summed E-state index contributed by atoms with van der Waals surface area (Å²) in [5.41, 5.74) is 1.38. The third kappa shape index (κ3) is 4.05. The lowest BCUT2D eigenvalue weighted by Gasteiger charge is -2.09. The van der Waals surface area contributed by atoms with Gasteiger partial charge in [0, 0.05) is 21.5 Å². The van der Waals surface area contributed by atoms with Crippen LogP contribution in [0.3, 0.4) is 0 Å². The average Bonchev–Trinajstić information content (AvgIpc) is 3.18. The van der Waals surface area contributed by atoms with Crippen LogP contribution < -0.4 is 10.9 Å². The summed E-state index contributed by atoms with van der Waals surface area (Å²) >= 11 is 7.43. The molecule has 2 aromatic heterocycles. The Kier molecular flexibility index (Phi) is 5.79. The van der Waals surface area contributed by atoms with Crippen LogP contribution in [-0.4, -0.2) is 34.0 Å². The third-order valence-corrected chi connectivity index (χ3v) is 5.75. The van der Waals surface area contributed by atoms with Gasteiger partial charge < -0.3 is 10.1 Å². The number of esters is 1. The van der Waals surface area contributed by atoms with Crippen LogP contribution in [0.15, 0.2) is 58.7 Å². The number of nitrogens with zero attached hydrogens (tertiary/aromatic N) is 3. The highest BCUT2D eigenvalue weighted by Gasteiger charge is 2.23. The van der Waals surface area contributed by atoms with E-state index in [9.17, 15) is 14.4 Å². The fourth-order valence-electron chi connectivity index (χ4n) is 3.06. The zero-order chi connectivity index (χ0) is 22.0. The van der Waals surface area contributed by atoms with Crippen LogP contribution in [0.25, 0.3) is 22.0 Å². The number of fused-ring (bicyclic) bond motifs is 1. The Labute approximate surface area is 185 Å². The van der Waals surface area contributed by atoms with Gasteiger partial charge in [0.2, 0.25) is 5.91 Å². The normalized spacial score (nSPS) is 10.8. The third-order valence-electron chi connectivity index (χ3n) is 4.52. The molecule has 2 heterocycles. The van der Waals surface area contributed by atoms with Crippen LogP contribution >= 0.6 is 22.9 Å². The molecule has 156 valence electrons. The molecule has 4 rings (SSSR count). The van der Waals surface area contributed by atoms with Crippen LogP contribution in [0.4, 0.5) is 5.00 Å². The van der Waals surface area contributed by atoms with E-state index < -0.39 is 17.4 Å². The van der Waals surface area contributed by atoms with Gasteiger partial charge in [0.25, 0.3) is 5.56 Å². The van der Waals surface area contributed by atoms with E-state index in [1.807, 2.05) is 0 Å². The topological polar surface area (TPSA) is 103 Å². The molecule has 2 aromatic carbocycles. The first-order valence-corrected chi connectivity index (χ1v) is 10.3. The number of ether oxygens (including phenoxy) is 1. The van der Waals surface area contributed by atoms with E-state index in [4.69, 9.17) is 16.3 Å². The van der Waals surface area contributed by atoms with Crippen molar-refractivity contribution in [3.8, 4) is 11.1 Å². The minimum atomic E-state index is -0.617. The van der Waals surface area contributed by atoms with Crippen molar-refractivity contribution in [3.63, 3.8) is 0 Å². The van der Waals surface area contributed by atoms with Gasteiger partial charge in [0.15, 0.2) is 0 Å². The van der Waals surface area contributed by atoms with Gasteiger partial charge in [0.1, 0.15) is 22.6 Å². The summed E-state index contributed by atoms with van der Waals surface area (Å²) in [5, 5.41) is 13.3. The van der Waals surface area contributed by atoms with E-state index in [2.05, 4.69) is 15.6 Å². The molecule has 8 nitrogen and oxygen atoms in total. The number of thiophene rings is 1. The molecule has 0 saturated heterocycles. The Bertz CT molecular complexity index is 1370. The molecular formula is C21H15ClN4O4S. The van der Waals surface area contributed by atoms with Crippen molar-refractivity contribution in [2.24, 2.45) is 0 Å². The zero-order valence-electron chi connectivity index (χ0n) is 16.2. The van der Waals surface area contributed by atoms with Crippen molar-refractivity contribution in [2.75, 3.05) is 12.4 Å². The molecule has 0 bridgehead atoms. The highest BCUT2D eigenvalue weighted by atomic mass is 35.5. The molecule has 31 heavy (non-hydrogen) atoms. The maximum absolute atomic E-state index is 12.6. The van der Waals surface area contributed by atoms with Crippen molar-refractivity contribution in [1.29, 1.82) is 0 Å². The van der Waals surface area contributed by atoms with Crippen LogP contribution in [0.2, 0.25) is 5.02 Å². The molecule has 0 spiro atoms. The molecule has 0 unspecified atom stereocenters. The smallest absolute Gasteiger partial charge is 0.341 e. The molecule has 0 aliphatic rings. The lowest BCUT2D eigenvalue weighted by Crippen LogP contribution is -2.30. The Balaban J connectivity index is 1.65. The number of rotatable bonds is 5. The molecule has 0 aliphatic carbocycles. The van der Waals surface area contributed by atoms with Crippen LogP contribution in [0.5, 0.6) is 0 Å². The van der Waals surface area contributed by atoms with Gasteiger partial charge in [-0.25, -0.2) is 9.48 Å². The first kappa shape index (κ1) is 20.7. The number of methoxy groups -OCH3 is 1. The number of anilines is 1. The first-order valence-electron chi connectivity index (χ1n) is 9.06. The largest absolute Gasteiger partial charge is 0.465 e. The maximum atomic E-state index is 12.6. The number of hydrogen-bond acceptors (Lipinski definition) is 7. The van der Waals surface area contributed by atoms with E-state index in [0.29, 0.717) is 27.1 Å². The molecular weight excluding hydrogens is 440 g/mol. The molecule has 0 aliphatic heterocycles. The van der Waals surface area contributed by atoms with Crippen molar-refractivity contribution >= 4 is 50.7 Å². The second-order valence-electron chi connectivity index (χ2n) is 6.44. The van der Waals surface area contributed by atoms with Gasteiger partial charge in [-0.2, -0.15) is 0 Å². The Morgan fingerprint density at radius 3 is 2.65 bits per heavy atom. The van der Waals surface area contributed by atoms with E-state index in [0.717, 1.165) is 16.0 Å².